The standard InChI is InChI=1S/C17H18F3N3O3S2/c1-10(2)28(25,26)23-8-7-13-14(9-23)27-16(21-13)22-15(24)11-3-5-12(6-4-11)17(18,19)20/h3-6,10H,7-9H2,1-2H3,(H,21,22,24). The first-order valence-electron chi connectivity index (χ1n) is 8.44. The third kappa shape index (κ3) is 4.20. The number of hydrogen-bond acceptors (Lipinski definition) is 5. The minimum absolute atomic E-state index is 0.0742. The Morgan fingerprint density at radius 1 is 1.25 bits per heavy atom. The van der Waals surface area contributed by atoms with Gasteiger partial charge in [0, 0.05) is 30.0 Å². The first kappa shape index (κ1) is 20.7. The Balaban J connectivity index is 1.72. The van der Waals surface area contributed by atoms with Crippen molar-refractivity contribution in [3.63, 3.8) is 0 Å². The molecule has 1 aromatic heterocycles. The number of fused-ring (bicyclic) bond motifs is 1. The molecule has 0 spiro atoms. The van der Waals surface area contributed by atoms with E-state index in [4.69, 9.17) is 0 Å². The molecule has 1 aromatic carbocycles. The van der Waals surface area contributed by atoms with Crippen LogP contribution in [0.25, 0.3) is 0 Å². The van der Waals surface area contributed by atoms with Crippen molar-refractivity contribution in [2.24, 2.45) is 0 Å². The minimum Gasteiger partial charge on any atom is -0.298 e. The molecule has 152 valence electrons. The van der Waals surface area contributed by atoms with Gasteiger partial charge >= 0.3 is 6.18 Å². The summed E-state index contributed by atoms with van der Waals surface area (Å²) in [6.45, 7) is 3.76. The van der Waals surface area contributed by atoms with Gasteiger partial charge in [0.05, 0.1) is 16.5 Å². The van der Waals surface area contributed by atoms with Crippen LogP contribution in [0.15, 0.2) is 24.3 Å². The second kappa shape index (κ2) is 7.45. The molecule has 0 aliphatic carbocycles. The number of benzene rings is 1. The Kier molecular flexibility index (Phi) is 5.52. The van der Waals surface area contributed by atoms with Gasteiger partial charge in [-0.15, -0.1) is 11.3 Å². The van der Waals surface area contributed by atoms with Crippen LogP contribution < -0.4 is 5.32 Å². The summed E-state index contributed by atoms with van der Waals surface area (Å²) < 4.78 is 63.9. The highest BCUT2D eigenvalue weighted by molar-refractivity contribution is 7.89. The molecule has 11 heteroatoms. The van der Waals surface area contributed by atoms with Gasteiger partial charge in [-0.25, -0.2) is 13.4 Å². The first-order chi connectivity index (χ1) is 13.0. The number of nitrogens with zero attached hydrogens (tertiary/aromatic N) is 2. The third-order valence-corrected chi connectivity index (χ3v) is 7.57. The van der Waals surface area contributed by atoms with E-state index in [0.717, 1.165) is 34.8 Å². The first-order valence-corrected chi connectivity index (χ1v) is 10.8. The van der Waals surface area contributed by atoms with Crippen molar-refractivity contribution in [1.82, 2.24) is 9.29 Å². The predicted octanol–water partition coefficient (Wildman–Crippen LogP) is 3.51. The highest BCUT2D eigenvalue weighted by Gasteiger charge is 2.32. The average molecular weight is 433 g/mol. The molecular formula is C17H18F3N3O3S2. The summed E-state index contributed by atoms with van der Waals surface area (Å²) in [6.07, 6.45) is -4.03. The summed E-state index contributed by atoms with van der Waals surface area (Å²) in [7, 11) is -3.38. The fourth-order valence-corrected chi connectivity index (χ4v) is 5.07. The van der Waals surface area contributed by atoms with Gasteiger partial charge in [-0.3, -0.25) is 10.1 Å². The van der Waals surface area contributed by atoms with Crippen molar-refractivity contribution in [2.75, 3.05) is 11.9 Å². The number of carbonyl (C=O) groups is 1. The number of sulfonamides is 1. The average Bonchev–Trinajstić information content (AvgIpc) is 3.02. The lowest BCUT2D eigenvalue weighted by Crippen LogP contribution is -2.39. The largest absolute Gasteiger partial charge is 0.416 e. The number of carbonyl (C=O) groups excluding carboxylic acids is 1. The number of nitrogens with one attached hydrogen (secondary N) is 1. The molecular weight excluding hydrogens is 415 g/mol. The fraction of sp³-hybridized carbons (Fsp3) is 0.412. The molecule has 6 nitrogen and oxygen atoms in total. The monoisotopic (exact) mass is 433 g/mol. The van der Waals surface area contributed by atoms with E-state index >= 15 is 0 Å². The van der Waals surface area contributed by atoms with Crippen LogP contribution in [-0.4, -0.2) is 35.4 Å². The number of thiazole rings is 1. The maximum Gasteiger partial charge on any atom is 0.416 e. The lowest BCUT2D eigenvalue weighted by Gasteiger charge is -2.26. The maximum atomic E-state index is 12.6. The van der Waals surface area contributed by atoms with E-state index in [1.807, 2.05) is 0 Å². The number of alkyl halides is 3. The van der Waals surface area contributed by atoms with Gasteiger partial charge in [0.15, 0.2) is 5.13 Å². The molecule has 1 N–H and O–H groups in total. The number of anilines is 1. The smallest absolute Gasteiger partial charge is 0.298 e. The number of hydrogen-bond donors (Lipinski definition) is 1. The maximum absolute atomic E-state index is 12.6. The van der Waals surface area contributed by atoms with Crippen molar-refractivity contribution in [3.8, 4) is 0 Å². The zero-order valence-corrected chi connectivity index (χ0v) is 16.7. The van der Waals surface area contributed by atoms with E-state index in [-0.39, 0.29) is 12.1 Å². The molecule has 1 aliphatic rings. The van der Waals surface area contributed by atoms with Crippen molar-refractivity contribution >= 4 is 32.4 Å². The second-order valence-electron chi connectivity index (χ2n) is 6.60. The summed E-state index contributed by atoms with van der Waals surface area (Å²) in [5.74, 6) is -0.577. The van der Waals surface area contributed by atoms with Gasteiger partial charge in [0.2, 0.25) is 10.0 Å². The SMILES string of the molecule is CC(C)S(=O)(=O)N1CCc2nc(NC(=O)c3ccc(C(F)(F)F)cc3)sc2C1. The van der Waals surface area contributed by atoms with E-state index in [1.165, 1.54) is 15.6 Å². The van der Waals surface area contributed by atoms with Crippen molar-refractivity contribution in [1.29, 1.82) is 0 Å². The van der Waals surface area contributed by atoms with Crippen LogP contribution in [0.4, 0.5) is 18.3 Å². The molecule has 0 unspecified atom stereocenters. The predicted molar refractivity (Wildman–Crippen MR) is 99.7 cm³/mol. The fourth-order valence-electron chi connectivity index (χ4n) is 2.72. The molecule has 3 rings (SSSR count). The molecule has 1 amide bonds. The van der Waals surface area contributed by atoms with E-state index in [2.05, 4.69) is 10.3 Å². The highest BCUT2D eigenvalue weighted by atomic mass is 32.2. The molecule has 0 saturated heterocycles. The molecule has 28 heavy (non-hydrogen) atoms. The molecule has 2 heterocycles. The Morgan fingerprint density at radius 3 is 2.46 bits per heavy atom. The lowest BCUT2D eigenvalue weighted by atomic mass is 10.1. The molecule has 0 atom stereocenters. The Bertz CT molecular complexity index is 983. The van der Waals surface area contributed by atoms with Crippen molar-refractivity contribution in [3.05, 3.63) is 46.0 Å². The number of amides is 1. The summed E-state index contributed by atoms with van der Waals surface area (Å²) in [6, 6.07) is 3.89. The molecule has 0 bridgehead atoms. The zero-order chi connectivity index (χ0) is 20.7. The van der Waals surface area contributed by atoms with E-state index in [1.54, 1.807) is 13.8 Å². The number of rotatable bonds is 4. The molecule has 1 aliphatic heterocycles. The quantitative estimate of drug-likeness (QED) is 0.800. The summed E-state index contributed by atoms with van der Waals surface area (Å²) >= 11 is 1.17. The molecule has 0 saturated carbocycles. The normalized spacial score (nSPS) is 15.5. The van der Waals surface area contributed by atoms with Crippen molar-refractivity contribution < 1.29 is 26.4 Å². The van der Waals surface area contributed by atoms with E-state index < -0.39 is 32.9 Å². The van der Waals surface area contributed by atoms with Crippen molar-refractivity contribution in [2.45, 2.75) is 38.2 Å². The highest BCUT2D eigenvalue weighted by Crippen LogP contribution is 2.31. The summed E-state index contributed by atoms with van der Waals surface area (Å²) in [4.78, 5) is 17.3. The lowest BCUT2D eigenvalue weighted by molar-refractivity contribution is -0.137. The summed E-state index contributed by atoms with van der Waals surface area (Å²) in [5, 5.41) is 2.33. The Hall–Kier alpha value is -1.98. The van der Waals surface area contributed by atoms with Gasteiger partial charge in [0.1, 0.15) is 0 Å². The number of halogens is 3. The van der Waals surface area contributed by atoms with E-state index in [9.17, 15) is 26.4 Å². The van der Waals surface area contributed by atoms with Gasteiger partial charge in [-0.05, 0) is 38.1 Å². The topological polar surface area (TPSA) is 79.4 Å². The Labute approximate surface area is 164 Å². The van der Waals surface area contributed by atoms with Gasteiger partial charge in [-0.1, -0.05) is 0 Å². The molecule has 0 fully saturated rings. The molecule has 0 radical (unpaired) electrons. The van der Waals surface area contributed by atoms with Gasteiger partial charge in [-0.2, -0.15) is 17.5 Å². The Morgan fingerprint density at radius 2 is 1.89 bits per heavy atom. The van der Waals surface area contributed by atoms with Crippen LogP contribution in [-0.2, 0) is 29.2 Å². The molecule has 2 aromatic rings. The van der Waals surface area contributed by atoms with Crippen LogP contribution in [0, 0.1) is 0 Å². The summed E-state index contributed by atoms with van der Waals surface area (Å²) in [5.41, 5.74) is -0.0340. The minimum atomic E-state index is -4.47. The van der Waals surface area contributed by atoms with Crippen LogP contribution in [0.3, 0.4) is 0 Å². The zero-order valence-electron chi connectivity index (χ0n) is 15.1. The van der Waals surface area contributed by atoms with Crippen LogP contribution in [0.1, 0.15) is 40.3 Å². The van der Waals surface area contributed by atoms with Crippen LogP contribution >= 0.6 is 11.3 Å². The van der Waals surface area contributed by atoms with E-state index in [0.29, 0.717) is 18.1 Å². The second-order valence-corrected chi connectivity index (χ2v) is 10.2. The van der Waals surface area contributed by atoms with Gasteiger partial charge < -0.3 is 0 Å². The number of aromatic nitrogens is 1. The van der Waals surface area contributed by atoms with Gasteiger partial charge in [0.25, 0.3) is 5.91 Å². The van der Waals surface area contributed by atoms with Crippen LogP contribution in [0.5, 0.6) is 0 Å². The third-order valence-electron chi connectivity index (χ3n) is 4.35. The van der Waals surface area contributed by atoms with Crippen LogP contribution in [0.2, 0.25) is 0 Å².